The minimum Gasteiger partial charge on any atom is -0.492 e. The number of nitrogens with zero attached hydrogens (tertiary/aromatic N) is 3. The molecule has 106 valence electrons. The molecular formula is C15H13N3O3. The quantitative estimate of drug-likeness (QED) is 0.716. The van der Waals surface area contributed by atoms with E-state index < -0.39 is 5.76 Å². The molecule has 0 amide bonds. The van der Waals surface area contributed by atoms with E-state index in [2.05, 4.69) is 10.1 Å². The molecule has 0 bridgehead atoms. The molecule has 0 N–H and O–H groups in total. The molecule has 0 unspecified atom stereocenters. The zero-order chi connectivity index (χ0) is 14.5. The molecule has 0 spiro atoms. The van der Waals surface area contributed by atoms with Gasteiger partial charge in [0, 0.05) is 6.20 Å². The van der Waals surface area contributed by atoms with E-state index in [0.717, 1.165) is 5.75 Å². The molecule has 3 rings (SSSR count). The monoisotopic (exact) mass is 283 g/mol. The summed E-state index contributed by atoms with van der Waals surface area (Å²) in [6, 6.07) is 14.8. The predicted molar refractivity (Wildman–Crippen MR) is 75.9 cm³/mol. The highest BCUT2D eigenvalue weighted by Gasteiger charge is 2.13. The normalized spacial score (nSPS) is 10.5. The van der Waals surface area contributed by atoms with Crippen LogP contribution in [0.25, 0.3) is 11.5 Å². The molecule has 0 radical (unpaired) electrons. The maximum absolute atomic E-state index is 11.7. The third-order valence-corrected chi connectivity index (χ3v) is 2.91. The molecule has 3 aromatic rings. The van der Waals surface area contributed by atoms with Gasteiger partial charge in [-0.05, 0) is 24.3 Å². The van der Waals surface area contributed by atoms with Gasteiger partial charge in [-0.15, -0.1) is 0 Å². The SMILES string of the molecule is O=c1onc(-c2ccccn2)n1CCOc1ccccc1. The van der Waals surface area contributed by atoms with Crippen LogP contribution in [0.1, 0.15) is 0 Å². The predicted octanol–water partition coefficient (Wildman–Crippen LogP) is 1.98. The lowest BCUT2D eigenvalue weighted by Gasteiger charge is -2.06. The van der Waals surface area contributed by atoms with Crippen LogP contribution < -0.4 is 10.5 Å². The van der Waals surface area contributed by atoms with Crippen LogP contribution in [0.5, 0.6) is 5.75 Å². The van der Waals surface area contributed by atoms with E-state index >= 15 is 0 Å². The van der Waals surface area contributed by atoms with Crippen molar-refractivity contribution in [2.45, 2.75) is 6.54 Å². The van der Waals surface area contributed by atoms with Crippen molar-refractivity contribution < 1.29 is 9.26 Å². The molecule has 0 saturated carbocycles. The van der Waals surface area contributed by atoms with Gasteiger partial charge < -0.3 is 4.74 Å². The molecule has 2 heterocycles. The zero-order valence-electron chi connectivity index (χ0n) is 11.2. The van der Waals surface area contributed by atoms with E-state index in [4.69, 9.17) is 9.26 Å². The van der Waals surface area contributed by atoms with Crippen LogP contribution in [-0.2, 0) is 6.54 Å². The van der Waals surface area contributed by atoms with Gasteiger partial charge in [-0.3, -0.25) is 14.1 Å². The van der Waals surface area contributed by atoms with E-state index in [0.29, 0.717) is 24.7 Å². The smallest absolute Gasteiger partial charge is 0.442 e. The van der Waals surface area contributed by atoms with Gasteiger partial charge in [0.05, 0.1) is 6.54 Å². The lowest BCUT2D eigenvalue weighted by molar-refractivity contribution is 0.290. The lowest BCUT2D eigenvalue weighted by atomic mass is 10.3. The first kappa shape index (κ1) is 13.1. The Kier molecular flexibility index (Phi) is 3.77. The van der Waals surface area contributed by atoms with E-state index in [-0.39, 0.29) is 0 Å². The van der Waals surface area contributed by atoms with Gasteiger partial charge in [-0.1, -0.05) is 29.4 Å². The standard InChI is InChI=1S/C15H13N3O3/c19-15-18(10-11-20-12-6-2-1-3-7-12)14(17-21-15)13-8-4-5-9-16-13/h1-9H,10-11H2. The molecule has 0 fully saturated rings. The van der Waals surface area contributed by atoms with Gasteiger partial charge in [-0.2, -0.15) is 0 Å². The maximum atomic E-state index is 11.7. The van der Waals surface area contributed by atoms with Crippen LogP contribution in [-0.4, -0.2) is 21.3 Å². The fraction of sp³-hybridized carbons (Fsp3) is 0.133. The van der Waals surface area contributed by atoms with Gasteiger partial charge in [0.1, 0.15) is 18.1 Å². The van der Waals surface area contributed by atoms with Crippen molar-refractivity contribution in [2.75, 3.05) is 6.61 Å². The molecule has 0 atom stereocenters. The first-order valence-corrected chi connectivity index (χ1v) is 6.50. The Bertz CT molecular complexity index is 751. The molecule has 21 heavy (non-hydrogen) atoms. The minimum absolute atomic E-state index is 0.336. The van der Waals surface area contributed by atoms with Crippen molar-refractivity contribution >= 4 is 0 Å². The second kappa shape index (κ2) is 6.04. The molecule has 2 aromatic heterocycles. The van der Waals surface area contributed by atoms with Crippen LogP contribution >= 0.6 is 0 Å². The fourth-order valence-corrected chi connectivity index (χ4v) is 1.92. The summed E-state index contributed by atoms with van der Waals surface area (Å²) in [4.78, 5) is 15.9. The number of benzene rings is 1. The van der Waals surface area contributed by atoms with Gasteiger partial charge >= 0.3 is 5.76 Å². The van der Waals surface area contributed by atoms with Crippen molar-refractivity contribution in [2.24, 2.45) is 0 Å². The summed E-state index contributed by atoms with van der Waals surface area (Å²) in [6.45, 7) is 0.675. The van der Waals surface area contributed by atoms with Crippen molar-refractivity contribution in [1.82, 2.24) is 14.7 Å². The zero-order valence-corrected chi connectivity index (χ0v) is 11.2. The van der Waals surface area contributed by atoms with Crippen molar-refractivity contribution in [1.29, 1.82) is 0 Å². The van der Waals surface area contributed by atoms with Crippen molar-refractivity contribution in [3.63, 3.8) is 0 Å². The number of aromatic nitrogens is 3. The Hall–Kier alpha value is -2.89. The largest absolute Gasteiger partial charge is 0.492 e. The van der Waals surface area contributed by atoms with Gasteiger partial charge in [0.2, 0.25) is 5.82 Å². The highest BCUT2D eigenvalue weighted by molar-refractivity contribution is 5.47. The van der Waals surface area contributed by atoms with Crippen LogP contribution in [0.15, 0.2) is 64.0 Å². The van der Waals surface area contributed by atoms with Gasteiger partial charge in [0.15, 0.2) is 0 Å². The molecule has 0 aliphatic carbocycles. The molecule has 0 aliphatic heterocycles. The third-order valence-electron chi connectivity index (χ3n) is 2.91. The summed E-state index contributed by atoms with van der Waals surface area (Å²) in [5.74, 6) is 0.631. The van der Waals surface area contributed by atoms with Crippen LogP contribution in [0.2, 0.25) is 0 Å². The second-order valence-electron chi connectivity index (χ2n) is 4.30. The summed E-state index contributed by atoms with van der Waals surface area (Å²) >= 11 is 0. The first-order chi connectivity index (χ1) is 10.3. The van der Waals surface area contributed by atoms with E-state index in [9.17, 15) is 4.79 Å². The van der Waals surface area contributed by atoms with Crippen molar-refractivity contribution in [3.8, 4) is 17.3 Å². The number of pyridine rings is 1. The summed E-state index contributed by atoms with van der Waals surface area (Å²) in [5.41, 5.74) is 0.586. The highest BCUT2D eigenvalue weighted by Crippen LogP contribution is 2.12. The highest BCUT2D eigenvalue weighted by atomic mass is 16.5. The average Bonchev–Trinajstić information content (AvgIpc) is 2.91. The molecule has 0 aliphatic rings. The molecule has 0 saturated heterocycles. The fourth-order valence-electron chi connectivity index (χ4n) is 1.92. The third kappa shape index (κ3) is 3.00. The Morgan fingerprint density at radius 3 is 2.67 bits per heavy atom. The first-order valence-electron chi connectivity index (χ1n) is 6.50. The minimum atomic E-state index is -0.521. The molecule has 6 nitrogen and oxygen atoms in total. The molecule has 1 aromatic carbocycles. The Morgan fingerprint density at radius 2 is 1.90 bits per heavy atom. The second-order valence-corrected chi connectivity index (χ2v) is 4.30. The number of ether oxygens (including phenoxy) is 1. The number of para-hydroxylation sites is 1. The Labute approximate surface area is 120 Å². The summed E-state index contributed by atoms with van der Waals surface area (Å²) in [6.07, 6.45) is 1.64. The lowest BCUT2D eigenvalue weighted by Crippen LogP contribution is -2.20. The molecule has 6 heteroatoms. The topological polar surface area (TPSA) is 70.2 Å². The van der Waals surface area contributed by atoms with E-state index in [1.54, 1.807) is 18.3 Å². The maximum Gasteiger partial charge on any atom is 0.442 e. The Balaban J connectivity index is 1.74. The number of hydrogen-bond acceptors (Lipinski definition) is 5. The van der Waals surface area contributed by atoms with Crippen LogP contribution in [0.4, 0.5) is 0 Å². The average molecular weight is 283 g/mol. The van der Waals surface area contributed by atoms with Crippen LogP contribution in [0, 0.1) is 0 Å². The summed E-state index contributed by atoms with van der Waals surface area (Å²) < 4.78 is 11.7. The van der Waals surface area contributed by atoms with Gasteiger partial charge in [-0.25, -0.2) is 4.79 Å². The summed E-state index contributed by atoms with van der Waals surface area (Å²) in [5, 5.41) is 3.77. The number of hydrogen-bond donors (Lipinski definition) is 0. The Morgan fingerprint density at radius 1 is 1.10 bits per heavy atom. The summed E-state index contributed by atoms with van der Waals surface area (Å²) in [7, 11) is 0. The number of rotatable bonds is 5. The molecular weight excluding hydrogens is 270 g/mol. The van der Waals surface area contributed by atoms with E-state index in [1.807, 2.05) is 36.4 Å². The van der Waals surface area contributed by atoms with E-state index in [1.165, 1.54) is 4.57 Å². The van der Waals surface area contributed by atoms with Crippen LogP contribution in [0.3, 0.4) is 0 Å². The van der Waals surface area contributed by atoms with Gasteiger partial charge in [0.25, 0.3) is 0 Å². The van der Waals surface area contributed by atoms with Crippen molar-refractivity contribution in [3.05, 3.63) is 65.3 Å².